The third-order valence-electron chi connectivity index (χ3n) is 7.66. The number of halogens is 1. The first-order chi connectivity index (χ1) is 24.2. The Morgan fingerprint density at radius 3 is 2.50 bits per heavy atom. The second kappa shape index (κ2) is 19.3. The summed E-state index contributed by atoms with van der Waals surface area (Å²) in [5.41, 5.74) is 9.11. The number of amides is 1. The minimum atomic E-state index is -1.03. The van der Waals surface area contributed by atoms with Crippen LogP contribution in [0.15, 0.2) is 48.5 Å². The number of nitrogens with one attached hydrogen (secondary N) is 4. The van der Waals surface area contributed by atoms with Crippen LogP contribution in [0.4, 0.5) is 0 Å². The van der Waals surface area contributed by atoms with E-state index in [2.05, 4.69) is 48.0 Å². The van der Waals surface area contributed by atoms with Gasteiger partial charge in [-0.1, -0.05) is 73.5 Å². The van der Waals surface area contributed by atoms with Crippen LogP contribution in [0, 0.1) is 5.41 Å². The summed E-state index contributed by atoms with van der Waals surface area (Å²) in [5, 5.41) is 44.2. The van der Waals surface area contributed by atoms with Crippen LogP contribution in [0.1, 0.15) is 67.3 Å². The summed E-state index contributed by atoms with van der Waals surface area (Å²) in [6, 6.07) is 14.6. The lowest BCUT2D eigenvalue weighted by Crippen LogP contribution is -2.43. The average Bonchev–Trinajstić information content (AvgIpc) is 3.74. The molecule has 268 valence electrons. The molecule has 0 radical (unpaired) electrons. The zero-order valence-corrected chi connectivity index (χ0v) is 28.4. The number of rotatable bonds is 20. The first-order valence-corrected chi connectivity index (χ1v) is 16.6. The van der Waals surface area contributed by atoms with Gasteiger partial charge in [0.1, 0.15) is 17.6 Å². The second-order valence-electron chi connectivity index (χ2n) is 11.3. The van der Waals surface area contributed by atoms with Gasteiger partial charge in [0.2, 0.25) is 5.82 Å². The summed E-state index contributed by atoms with van der Waals surface area (Å²) in [4.78, 5) is 36.0. The van der Waals surface area contributed by atoms with Crippen LogP contribution in [0.2, 0.25) is 5.15 Å². The van der Waals surface area contributed by atoms with E-state index in [-0.39, 0.29) is 41.8 Å². The van der Waals surface area contributed by atoms with Crippen molar-refractivity contribution in [2.45, 2.75) is 64.5 Å². The number of esters is 1. The monoisotopic (exact) mass is 711 g/mol. The number of aromatic amines is 1. The van der Waals surface area contributed by atoms with Crippen LogP contribution in [-0.4, -0.2) is 89.6 Å². The van der Waals surface area contributed by atoms with Crippen molar-refractivity contribution in [1.29, 1.82) is 5.41 Å². The van der Waals surface area contributed by atoms with E-state index in [9.17, 15) is 9.59 Å². The predicted octanol–water partition coefficient (Wildman–Crippen LogP) is 3.47. The Bertz CT molecular complexity index is 1680. The quantitative estimate of drug-likeness (QED) is 0.0229. The van der Waals surface area contributed by atoms with Crippen LogP contribution in [-0.2, 0) is 27.3 Å². The number of ether oxygens (including phenoxy) is 1. The lowest BCUT2D eigenvalue weighted by atomic mass is 9.98. The van der Waals surface area contributed by atoms with E-state index in [1.807, 2.05) is 48.5 Å². The maximum atomic E-state index is 13.9. The summed E-state index contributed by atoms with van der Waals surface area (Å²) in [6.07, 6.45) is 3.69. The number of unbranched alkanes of at least 4 members (excludes halogenated alkanes) is 2. The number of benzene rings is 2. The number of guanidine groups is 1. The molecule has 0 saturated carbocycles. The molecule has 2 aromatic heterocycles. The molecule has 1 unspecified atom stereocenters. The van der Waals surface area contributed by atoms with E-state index >= 15 is 0 Å². The van der Waals surface area contributed by atoms with Gasteiger partial charge in [-0.2, -0.15) is 5.21 Å². The molecule has 2 aromatic carbocycles. The van der Waals surface area contributed by atoms with Gasteiger partial charge in [0.05, 0.1) is 18.6 Å². The van der Waals surface area contributed by atoms with Gasteiger partial charge in [-0.25, -0.2) is 9.78 Å². The fourth-order valence-electron chi connectivity index (χ4n) is 5.19. The van der Waals surface area contributed by atoms with E-state index in [0.717, 1.165) is 35.1 Å². The Morgan fingerprint density at radius 2 is 1.82 bits per heavy atom. The van der Waals surface area contributed by atoms with Crippen molar-refractivity contribution in [2.24, 2.45) is 5.73 Å². The van der Waals surface area contributed by atoms with Crippen molar-refractivity contribution >= 4 is 29.4 Å². The highest BCUT2D eigenvalue weighted by Crippen LogP contribution is 2.30. The van der Waals surface area contributed by atoms with Crippen molar-refractivity contribution in [3.8, 4) is 22.5 Å². The molecule has 50 heavy (non-hydrogen) atoms. The fourth-order valence-corrected chi connectivity index (χ4v) is 5.47. The SMILES string of the molecule is CCCCc1nc(Cl)c(C(=O)NC(CCCNC(=N)N)C(=O)OCCCCON(O)O)n1Cc1ccc(-c2ccccc2-c2nn[nH]n2)cc1. The highest BCUT2D eigenvalue weighted by molar-refractivity contribution is 6.32. The lowest BCUT2D eigenvalue weighted by molar-refractivity contribution is -0.492. The van der Waals surface area contributed by atoms with Gasteiger partial charge in [-0.15, -0.1) is 10.2 Å². The maximum Gasteiger partial charge on any atom is 0.328 e. The summed E-state index contributed by atoms with van der Waals surface area (Å²) >= 11 is 6.61. The van der Waals surface area contributed by atoms with Crippen LogP contribution in [0.3, 0.4) is 0 Å². The number of nitrogens with two attached hydrogens (primary N) is 1. The maximum absolute atomic E-state index is 13.9. The number of carbonyl (C=O) groups excluding carboxylic acids is 2. The molecular weight excluding hydrogens is 670 g/mol. The number of tetrazole rings is 1. The number of aryl methyl sites for hydroxylation is 1. The van der Waals surface area contributed by atoms with Crippen molar-refractivity contribution in [1.82, 2.24) is 46.2 Å². The largest absolute Gasteiger partial charge is 0.464 e. The number of H-pyrrole nitrogens is 1. The molecular formula is C32H42ClN11O6. The number of hydrogen-bond donors (Lipinski definition) is 7. The number of hydrogen-bond acceptors (Lipinski definition) is 12. The Kier molecular flexibility index (Phi) is 14.6. The summed E-state index contributed by atoms with van der Waals surface area (Å²) in [6.45, 7) is 2.69. The Hall–Kier alpha value is -4.94. The molecule has 2 heterocycles. The molecule has 0 saturated heterocycles. The first-order valence-electron chi connectivity index (χ1n) is 16.2. The second-order valence-corrected chi connectivity index (χ2v) is 11.7. The fraction of sp³-hybridized carbons (Fsp3) is 0.406. The molecule has 0 aliphatic rings. The third-order valence-corrected chi connectivity index (χ3v) is 7.92. The predicted molar refractivity (Wildman–Crippen MR) is 182 cm³/mol. The van der Waals surface area contributed by atoms with Crippen molar-refractivity contribution in [3.05, 3.63) is 70.8 Å². The van der Waals surface area contributed by atoms with Crippen LogP contribution >= 0.6 is 11.6 Å². The number of carbonyl (C=O) groups is 2. The minimum absolute atomic E-state index is 0.000559. The molecule has 0 bridgehead atoms. The first kappa shape index (κ1) is 37.9. The molecule has 0 aliphatic carbocycles. The van der Waals surface area contributed by atoms with Gasteiger partial charge >= 0.3 is 5.97 Å². The van der Waals surface area contributed by atoms with Gasteiger partial charge in [0, 0.05) is 25.1 Å². The Morgan fingerprint density at radius 1 is 1.08 bits per heavy atom. The molecule has 1 amide bonds. The molecule has 0 spiro atoms. The van der Waals surface area contributed by atoms with E-state index < -0.39 is 17.9 Å². The van der Waals surface area contributed by atoms with Crippen molar-refractivity contribution < 1.29 is 29.6 Å². The number of aromatic nitrogens is 6. The molecule has 4 rings (SSSR count). The molecule has 4 aromatic rings. The summed E-state index contributed by atoms with van der Waals surface area (Å²) in [5.74, 6) is -0.322. The molecule has 18 heteroatoms. The molecule has 0 fully saturated rings. The summed E-state index contributed by atoms with van der Waals surface area (Å²) < 4.78 is 7.20. The van der Waals surface area contributed by atoms with E-state index in [1.165, 1.54) is 0 Å². The van der Waals surface area contributed by atoms with Crippen molar-refractivity contribution in [3.63, 3.8) is 0 Å². The topological polar surface area (TPSA) is 243 Å². The van der Waals surface area contributed by atoms with Crippen LogP contribution < -0.4 is 16.4 Å². The van der Waals surface area contributed by atoms with Gasteiger partial charge in [0.15, 0.2) is 11.1 Å². The van der Waals surface area contributed by atoms with E-state index in [0.29, 0.717) is 50.4 Å². The molecule has 17 nitrogen and oxygen atoms in total. The standard InChI is InChI=1S/C32H42ClN11O6/c1-2-3-12-26-38-28(33)27(30(45)37-25(11-8-17-36-32(34)35)31(46)49-18-6-7-19-50-44(47)48)43(26)20-21-13-15-22(16-14-21)23-9-4-5-10-24(23)29-39-41-42-40-29/h4-5,9-10,13-16,25,47-48H,2-3,6-8,11-12,17-20H2,1H3,(H,37,45)(H4,34,35,36)(H,39,40,41,42). The third kappa shape index (κ3) is 11.0. The highest BCUT2D eigenvalue weighted by Gasteiger charge is 2.28. The summed E-state index contributed by atoms with van der Waals surface area (Å²) in [7, 11) is 0. The smallest absolute Gasteiger partial charge is 0.328 e. The van der Waals surface area contributed by atoms with Crippen molar-refractivity contribution in [2.75, 3.05) is 19.8 Å². The van der Waals surface area contributed by atoms with Gasteiger partial charge < -0.3 is 25.7 Å². The lowest BCUT2D eigenvalue weighted by Gasteiger charge is -2.19. The molecule has 1 atom stereocenters. The average molecular weight is 712 g/mol. The zero-order chi connectivity index (χ0) is 35.9. The molecule has 0 aliphatic heterocycles. The number of imidazole rings is 1. The zero-order valence-electron chi connectivity index (χ0n) is 27.6. The minimum Gasteiger partial charge on any atom is -0.464 e. The Balaban J connectivity index is 1.53. The normalized spacial score (nSPS) is 11.8. The van der Waals surface area contributed by atoms with Gasteiger partial charge in [-0.3, -0.25) is 25.5 Å². The van der Waals surface area contributed by atoms with Crippen LogP contribution in [0.5, 0.6) is 0 Å². The van der Waals surface area contributed by atoms with Gasteiger partial charge in [-0.05, 0) is 54.0 Å². The van der Waals surface area contributed by atoms with Gasteiger partial charge in [0.25, 0.3) is 5.91 Å². The molecule has 8 N–H and O–H groups in total. The number of nitrogens with zero attached hydrogens (tertiary/aromatic N) is 6. The highest BCUT2D eigenvalue weighted by atomic mass is 35.5. The van der Waals surface area contributed by atoms with E-state index in [1.54, 1.807) is 4.57 Å². The van der Waals surface area contributed by atoms with E-state index in [4.69, 9.17) is 37.9 Å². The van der Waals surface area contributed by atoms with Crippen LogP contribution in [0.25, 0.3) is 22.5 Å². The Labute approximate surface area is 293 Å².